The zero-order valence-corrected chi connectivity index (χ0v) is 12.5. The Labute approximate surface area is 127 Å². The van der Waals surface area contributed by atoms with Gasteiger partial charge in [-0.2, -0.15) is 9.78 Å². The number of halogens is 1. The first-order chi connectivity index (χ1) is 10.0. The van der Waals surface area contributed by atoms with Crippen molar-refractivity contribution in [3.05, 3.63) is 58.7 Å². The molecule has 1 heterocycles. The molecule has 0 unspecified atom stereocenters. The molecule has 106 valence electrons. The van der Waals surface area contributed by atoms with Gasteiger partial charge in [0.15, 0.2) is 0 Å². The van der Waals surface area contributed by atoms with Crippen molar-refractivity contribution in [3.8, 4) is 0 Å². The summed E-state index contributed by atoms with van der Waals surface area (Å²) >= 11 is 5.94. The van der Waals surface area contributed by atoms with Crippen LogP contribution in [-0.4, -0.2) is 15.8 Å². The Morgan fingerprint density at radius 2 is 2.00 bits per heavy atom. The molecule has 2 aromatic carbocycles. The minimum absolute atomic E-state index is 0.291. The van der Waals surface area contributed by atoms with Crippen molar-refractivity contribution >= 4 is 34.2 Å². The summed E-state index contributed by atoms with van der Waals surface area (Å²) in [5, 5.41) is 8.47. The van der Waals surface area contributed by atoms with Crippen LogP contribution in [-0.2, 0) is 0 Å². The van der Waals surface area contributed by atoms with E-state index in [9.17, 15) is 4.79 Å². The van der Waals surface area contributed by atoms with Crippen LogP contribution in [0.1, 0.15) is 11.1 Å². The van der Waals surface area contributed by atoms with Crippen LogP contribution < -0.4 is 5.32 Å². The van der Waals surface area contributed by atoms with E-state index in [0.29, 0.717) is 5.02 Å². The number of benzene rings is 2. The summed E-state index contributed by atoms with van der Waals surface area (Å²) in [5.41, 5.74) is 3.61. The fourth-order valence-electron chi connectivity index (χ4n) is 2.20. The molecule has 0 bridgehead atoms. The largest absolute Gasteiger partial charge is 0.347 e. The van der Waals surface area contributed by atoms with Gasteiger partial charge in [-0.05, 0) is 49.2 Å². The molecule has 0 saturated carbocycles. The second-order valence-electron chi connectivity index (χ2n) is 5.01. The normalized spacial score (nSPS) is 10.8. The number of carbonyl (C=O) groups is 1. The number of nitrogens with one attached hydrogen (secondary N) is 1. The van der Waals surface area contributed by atoms with Gasteiger partial charge >= 0.3 is 6.03 Å². The topological polar surface area (TPSA) is 46.9 Å². The summed E-state index contributed by atoms with van der Waals surface area (Å²) in [7, 11) is 0. The minimum Gasteiger partial charge on any atom is -0.306 e. The van der Waals surface area contributed by atoms with Crippen molar-refractivity contribution < 1.29 is 4.79 Å². The Bertz CT molecular complexity index is 839. The average Bonchev–Trinajstić information content (AvgIpc) is 2.85. The third kappa shape index (κ3) is 2.62. The molecular formula is C16H14ClN3O. The third-order valence-corrected chi connectivity index (χ3v) is 3.59. The molecule has 0 aliphatic carbocycles. The van der Waals surface area contributed by atoms with Crippen LogP contribution >= 0.6 is 11.6 Å². The van der Waals surface area contributed by atoms with Crippen LogP contribution in [0.2, 0.25) is 5.02 Å². The lowest BCUT2D eigenvalue weighted by molar-refractivity contribution is 0.252. The fourth-order valence-corrected chi connectivity index (χ4v) is 2.38. The molecule has 21 heavy (non-hydrogen) atoms. The SMILES string of the molecule is Cc1ccc(C)c(NC(=O)n2ncc3cc(Cl)ccc32)c1. The number of carbonyl (C=O) groups excluding carboxylic acids is 1. The second kappa shape index (κ2) is 5.22. The molecule has 3 rings (SSSR count). The first kappa shape index (κ1) is 13.6. The maximum Gasteiger partial charge on any atom is 0.347 e. The van der Waals surface area contributed by atoms with Crippen LogP contribution in [0.3, 0.4) is 0 Å². The summed E-state index contributed by atoms with van der Waals surface area (Å²) in [6.45, 7) is 3.94. The van der Waals surface area contributed by atoms with Gasteiger partial charge in [-0.15, -0.1) is 0 Å². The van der Waals surface area contributed by atoms with E-state index in [0.717, 1.165) is 27.7 Å². The lowest BCUT2D eigenvalue weighted by Crippen LogP contribution is -2.21. The van der Waals surface area contributed by atoms with Gasteiger partial charge in [0.25, 0.3) is 0 Å². The predicted molar refractivity (Wildman–Crippen MR) is 85.1 cm³/mol. The van der Waals surface area contributed by atoms with E-state index in [1.165, 1.54) is 4.68 Å². The van der Waals surface area contributed by atoms with Gasteiger partial charge in [-0.1, -0.05) is 23.7 Å². The molecule has 0 saturated heterocycles. The van der Waals surface area contributed by atoms with E-state index < -0.39 is 0 Å². The molecule has 0 aliphatic heterocycles. The molecule has 1 aromatic heterocycles. The van der Waals surface area contributed by atoms with Crippen LogP contribution in [0.25, 0.3) is 10.9 Å². The molecule has 4 nitrogen and oxygen atoms in total. The van der Waals surface area contributed by atoms with Crippen molar-refractivity contribution in [1.82, 2.24) is 9.78 Å². The van der Waals surface area contributed by atoms with Gasteiger partial charge < -0.3 is 5.32 Å². The fraction of sp³-hybridized carbons (Fsp3) is 0.125. The van der Waals surface area contributed by atoms with Gasteiger partial charge in [-0.25, -0.2) is 4.79 Å². The van der Waals surface area contributed by atoms with Crippen LogP contribution in [0.4, 0.5) is 10.5 Å². The number of nitrogens with zero attached hydrogens (tertiary/aromatic N) is 2. The predicted octanol–water partition coefficient (Wildman–Crippen LogP) is 4.39. The number of hydrogen-bond donors (Lipinski definition) is 1. The van der Waals surface area contributed by atoms with Gasteiger partial charge in [0, 0.05) is 16.1 Å². The quantitative estimate of drug-likeness (QED) is 0.724. The Balaban J connectivity index is 1.95. The Kier molecular flexibility index (Phi) is 3.39. The van der Waals surface area contributed by atoms with E-state index in [2.05, 4.69) is 10.4 Å². The number of aromatic nitrogens is 2. The number of aryl methyl sites for hydroxylation is 2. The summed E-state index contributed by atoms with van der Waals surface area (Å²) in [5.74, 6) is 0. The van der Waals surface area contributed by atoms with Crippen molar-refractivity contribution in [2.24, 2.45) is 0 Å². The summed E-state index contributed by atoms with van der Waals surface area (Å²) in [4.78, 5) is 12.4. The summed E-state index contributed by atoms with van der Waals surface area (Å²) in [6.07, 6.45) is 1.63. The average molecular weight is 300 g/mol. The highest BCUT2D eigenvalue weighted by Gasteiger charge is 2.12. The molecular weight excluding hydrogens is 286 g/mol. The van der Waals surface area contributed by atoms with Gasteiger partial charge in [0.2, 0.25) is 0 Å². The van der Waals surface area contributed by atoms with Crippen molar-refractivity contribution in [2.45, 2.75) is 13.8 Å². The standard InChI is InChI=1S/C16H14ClN3O/c1-10-3-4-11(2)14(7-10)19-16(21)20-15-6-5-13(17)8-12(15)9-18-20/h3-9H,1-2H3,(H,19,21). The third-order valence-electron chi connectivity index (χ3n) is 3.36. The van der Waals surface area contributed by atoms with Crippen LogP contribution in [0, 0.1) is 13.8 Å². The van der Waals surface area contributed by atoms with Crippen molar-refractivity contribution in [1.29, 1.82) is 0 Å². The molecule has 0 spiro atoms. The summed E-state index contributed by atoms with van der Waals surface area (Å²) < 4.78 is 1.34. The monoisotopic (exact) mass is 299 g/mol. The minimum atomic E-state index is -0.291. The lowest BCUT2D eigenvalue weighted by Gasteiger charge is -2.09. The Morgan fingerprint density at radius 3 is 2.81 bits per heavy atom. The van der Waals surface area contributed by atoms with Crippen LogP contribution in [0.5, 0.6) is 0 Å². The van der Waals surface area contributed by atoms with E-state index in [1.807, 2.05) is 32.0 Å². The molecule has 1 N–H and O–H groups in total. The molecule has 0 atom stereocenters. The zero-order valence-electron chi connectivity index (χ0n) is 11.7. The first-order valence-electron chi connectivity index (χ1n) is 6.56. The van der Waals surface area contributed by atoms with E-state index in [1.54, 1.807) is 24.4 Å². The summed E-state index contributed by atoms with van der Waals surface area (Å²) in [6, 6.07) is 10.9. The molecule has 0 aliphatic rings. The first-order valence-corrected chi connectivity index (χ1v) is 6.94. The highest BCUT2D eigenvalue weighted by atomic mass is 35.5. The number of anilines is 1. The smallest absolute Gasteiger partial charge is 0.306 e. The molecule has 5 heteroatoms. The van der Waals surface area contributed by atoms with Crippen molar-refractivity contribution in [2.75, 3.05) is 5.32 Å². The molecule has 0 fully saturated rings. The number of hydrogen-bond acceptors (Lipinski definition) is 2. The molecule has 3 aromatic rings. The second-order valence-corrected chi connectivity index (χ2v) is 5.44. The maximum atomic E-state index is 12.4. The van der Waals surface area contributed by atoms with Gasteiger partial charge in [0.1, 0.15) is 0 Å². The zero-order chi connectivity index (χ0) is 15.0. The molecule has 0 radical (unpaired) electrons. The Morgan fingerprint density at radius 1 is 1.19 bits per heavy atom. The lowest BCUT2D eigenvalue weighted by atomic mass is 10.1. The van der Waals surface area contributed by atoms with Gasteiger partial charge in [-0.3, -0.25) is 0 Å². The number of fused-ring (bicyclic) bond motifs is 1. The van der Waals surface area contributed by atoms with E-state index >= 15 is 0 Å². The highest BCUT2D eigenvalue weighted by molar-refractivity contribution is 6.31. The molecule has 1 amide bonds. The Hall–Kier alpha value is -2.33. The highest BCUT2D eigenvalue weighted by Crippen LogP contribution is 2.20. The maximum absolute atomic E-state index is 12.4. The van der Waals surface area contributed by atoms with E-state index in [-0.39, 0.29) is 6.03 Å². The number of rotatable bonds is 1. The van der Waals surface area contributed by atoms with Gasteiger partial charge in [0.05, 0.1) is 11.7 Å². The number of amides is 1. The van der Waals surface area contributed by atoms with Crippen molar-refractivity contribution in [3.63, 3.8) is 0 Å². The van der Waals surface area contributed by atoms with E-state index in [4.69, 9.17) is 11.6 Å². The van der Waals surface area contributed by atoms with Crippen LogP contribution in [0.15, 0.2) is 42.6 Å².